The third-order valence-corrected chi connectivity index (χ3v) is 6.25. The smallest absolute Gasteiger partial charge is 0.263 e. The second kappa shape index (κ2) is 9.71. The molecule has 11 nitrogen and oxygen atoms in total. The molecule has 0 saturated heterocycles. The predicted molar refractivity (Wildman–Crippen MR) is 135 cm³/mol. The molecule has 0 bridgehead atoms. The Balaban J connectivity index is 1.85. The Morgan fingerprint density at radius 1 is 1.27 bits per heavy atom. The maximum absolute atomic E-state index is 14.6. The zero-order chi connectivity index (χ0) is 27.2. The van der Waals surface area contributed by atoms with Gasteiger partial charge in [-0.1, -0.05) is 23.2 Å². The molecule has 0 spiro atoms. The van der Waals surface area contributed by atoms with E-state index >= 15 is 0 Å². The van der Waals surface area contributed by atoms with Crippen molar-refractivity contribution in [3.8, 4) is 22.8 Å². The lowest BCUT2D eigenvalue weighted by Gasteiger charge is -2.11. The van der Waals surface area contributed by atoms with Crippen molar-refractivity contribution >= 4 is 51.7 Å². The summed E-state index contributed by atoms with van der Waals surface area (Å²) in [6.45, 7) is 1.21. The zero-order valence-electron chi connectivity index (χ0n) is 19.6. The fraction of sp³-hybridized carbons (Fsp3) is 0.174. The molecule has 0 atom stereocenters. The van der Waals surface area contributed by atoms with Crippen LogP contribution in [0.15, 0.2) is 29.3 Å². The summed E-state index contributed by atoms with van der Waals surface area (Å²) < 4.78 is 22.1. The SMILES string of the molecule is COc1ncc(Cl)c(NC(=O)Cn2cc(-c3cc(Cl)c(O)c(C(N)=O)c3)c3c(=O)n(C)c(C)nc32)c1F. The van der Waals surface area contributed by atoms with Crippen molar-refractivity contribution in [3.63, 3.8) is 0 Å². The van der Waals surface area contributed by atoms with Crippen LogP contribution in [-0.4, -0.2) is 43.1 Å². The largest absolute Gasteiger partial charge is 0.506 e. The van der Waals surface area contributed by atoms with Crippen LogP contribution in [0.1, 0.15) is 16.2 Å². The number of pyridine rings is 1. The number of aromatic hydroxyl groups is 1. The molecule has 0 fully saturated rings. The van der Waals surface area contributed by atoms with Gasteiger partial charge in [-0.15, -0.1) is 0 Å². The summed E-state index contributed by atoms with van der Waals surface area (Å²) in [4.78, 5) is 46.1. The van der Waals surface area contributed by atoms with Gasteiger partial charge in [-0.25, -0.2) is 9.97 Å². The fourth-order valence-corrected chi connectivity index (χ4v) is 4.14. The van der Waals surface area contributed by atoms with Crippen LogP contribution in [0.4, 0.5) is 10.1 Å². The first kappa shape index (κ1) is 25.9. The average molecular weight is 549 g/mol. The van der Waals surface area contributed by atoms with Crippen LogP contribution in [0.3, 0.4) is 0 Å². The predicted octanol–water partition coefficient (Wildman–Crippen LogP) is 3.00. The van der Waals surface area contributed by atoms with E-state index in [-0.39, 0.29) is 49.3 Å². The van der Waals surface area contributed by atoms with E-state index in [1.807, 2.05) is 0 Å². The number of aryl methyl sites for hydroxylation is 1. The standard InChI is InChI=1S/C23H19Cl2FN6O5/c1-9-29-21-16(23(36)31(9)2)12(10-4-11(20(27)35)19(34)13(24)5-10)7-32(21)8-15(33)30-18-14(25)6-28-22(37-3)17(18)26/h4-7,34H,8H2,1-3H3,(H2,27,35)(H,28,30,33). The summed E-state index contributed by atoms with van der Waals surface area (Å²) in [5, 5.41) is 12.3. The number of phenols is 1. The van der Waals surface area contributed by atoms with Crippen LogP contribution in [0.25, 0.3) is 22.2 Å². The number of rotatable bonds is 6. The number of anilines is 1. The number of nitrogens with zero attached hydrogens (tertiary/aromatic N) is 4. The molecular weight excluding hydrogens is 530 g/mol. The van der Waals surface area contributed by atoms with Crippen LogP contribution in [0.2, 0.25) is 10.0 Å². The highest BCUT2D eigenvalue weighted by atomic mass is 35.5. The first-order valence-corrected chi connectivity index (χ1v) is 11.3. The molecule has 192 valence electrons. The Hall–Kier alpha value is -4.16. The number of primary amides is 1. The lowest BCUT2D eigenvalue weighted by atomic mass is 10.0. The molecule has 4 rings (SSSR count). The minimum atomic E-state index is -0.957. The second-order valence-corrected chi connectivity index (χ2v) is 8.78. The van der Waals surface area contributed by atoms with Crippen molar-refractivity contribution in [2.75, 3.05) is 12.4 Å². The molecule has 4 aromatic rings. The summed E-state index contributed by atoms with van der Waals surface area (Å²) in [6.07, 6.45) is 2.58. The molecule has 4 N–H and O–H groups in total. The van der Waals surface area contributed by atoms with Gasteiger partial charge in [0.1, 0.15) is 29.5 Å². The van der Waals surface area contributed by atoms with Crippen molar-refractivity contribution in [1.29, 1.82) is 0 Å². The van der Waals surface area contributed by atoms with Gasteiger partial charge in [0.15, 0.2) is 0 Å². The number of carbonyl (C=O) groups excluding carboxylic acids is 2. The molecular formula is C23H19Cl2FN6O5. The van der Waals surface area contributed by atoms with Crippen molar-refractivity contribution in [1.82, 2.24) is 19.1 Å². The molecule has 0 aliphatic heterocycles. The fourth-order valence-electron chi connectivity index (χ4n) is 3.74. The quantitative estimate of drug-likeness (QED) is 0.334. The van der Waals surface area contributed by atoms with E-state index < -0.39 is 35.5 Å². The highest BCUT2D eigenvalue weighted by Gasteiger charge is 2.23. The molecule has 2 amide bonds. The molecule has 1 aromatic carbocycles. The van der Waals surface area contributed by atoms with E-state index in [1.54, 1.807) is 6.92 Å². The summed E-state index contributed by atoms with van der Waals surface area (Å²) in [7, 11) is 2.74. The molecule has 0 aliphatic rings. The number of methoxy groups -OCH3 is 1. The highest BCUT2D eigenvalue weighted by Crippen LogP contribution is 2.36. The number of amides is 2. The number of carbonyl (C=O) groups is 2. The first-order chi connectivity index (χ1) is 17.4. The summed E-state index contributed by atoms with van der Waals surface area (Å²) in [5.41, 5.74) is 5.04. The average Bonchev–Trinajstić information content (AvgIpc) is 3.19. The lowest BCUT2D eigenvalue weighted by Crippen LogP contribution is -2.23. The Kier molecular flexibility index (Phi) is 6.80. The Bertz CT molecular complexity index is 1670. The van der Waals surface area contributed by atoms with Gasteiger partial charge in [0, 0.05) is 18.8 Å². The number of halogens is 3. The number of nitrogens with one attached hydrogen (secondary N) is 1. The number of ether oxygens (including phenoxy) is 1. The third-order valence-electron chi connectivity index (χ3n) is 5.67. The van der Waals surface area contributed by atoms with E-state index in [4.69, 9.17) is 33.7 Å². The Morgan fingerprint density at radius 3 is 2.62 bits per heavy atom. The molecule has 0 aliphatic carbocycles. The number of benzene rings is 1. The topological polar surface area (TPSA) is 154 Å². The van der Waals surface area contributed by atoms with Crippen LogP contribution in [0, 0.1) is 12.7 Å². The van der Waals surface area contributed by atoms with Crippen LogP contribution >= 0.6 is 23.2 Å². The van der Waals surface area contributed by atoms with E-state index in [2.05, 4.69) is 15.3 Å². The molecule has 37 heavy (non-hydrogen) atoms. The van der Waals surface area contributed by atoms with Gasteiger partial charge in [-0.05, 0) is 24.6 Å². The molecule has 14 heteroatoms. The molecule has 3 heterocycles. The first-order valence-electron chi connectivity index (χ1n) is 10.5. The highest BCUT2D eigenvalue weighted by molar-refractivity contribution is 6.34. The Morgan fingerprint density at radius 2 is 1.97 bits per heavy atom. The van der Waals surface area contributed by atoms with Crippen LogP contribution in [-0.2, 0) is 18.4 Å². The summed E-state index contributed by atoms with van der Waals surface area (Å²) >= 11 is 12.1. The van der Waals surface area contributed by atoms with Gasteiger partial charge in [0.05, 0.1) is 34.3 Å². The normalized spacial score (nSPS) is 11.1. The van der Waals surface area contributed by atoms with Gasteiger partial charge in [0.2, 0.25) is 11.7 Å². The molecule has 0 unspecified atom stereocenters. The van der Waals surface area contributed by atoms with Crippen LogP contribution < -0.4 is 21.3 Å². The maximum atomic E-state index is 14.6. The van der Waals surface area contributed by atoms with Gasteiger partial charge in [0.25, 0.3) is 17.3 Å². The van der Waals surface area contributed by atoms with Crippen molar-refractivity contribution in [3.05, 3.63) is 62.1 Å². The molecule has 0 radical (unpaired) electrons. The zero-order valence-corrected chi connectivity index (χ0v) is 21.1. The van der Waals surface area contributed by atoms with Crippen molar-refractivity contribution < 1.29 is 23.8 Å². The number of hydrogen-bond acceptors (Lipinski definition) is 7. The van der Waals surface area contributed by atoms with Crippen molar-refractivity contribution in [2.45, 2.75) is 13.5 Å². The Labute approximate surface area is 218 Å². The van der Waals surface area contributed by atoms with E-state index in [0.29, 0.717) is 5.82 Å². The molecule has 0 saturated carbocycles. The molecule has 3 aromatic heterocycles. The number of hydrogen-bond donors (Lipinski definition) is 3. The second-order valence-electron chi connectivity index (χ2n) is 7.96. The minimum Gasteiger partial charge on any atom is -0.506 e. The lowest BCUT2D eigenvalue weighted by molar-refractivity contribution is -0.116. The third kappa shape index (κ3) is 4.56. The number of fused-ring (bicyclic) bond motifs is 1. The monoisotopic (exact) mass is 548 g/mol. The van der Waals surface area contributed by atoms with Gasteiger partial charge >= 0.3 is 0 Å². The maximum Gasteiger partial charge on any atom is 0.263 e. The van der Waals surface area contributed by atoms with E-state index in [1.165, 1.54) is 41.6 Å². The minimum absolute atomic E-state index is 0.118. The van der Waals surface area contributed by atoms with Crippen molar-refractivity contribution in [2.24, 2.45) is 12.8 Å². The number of nitrogens with two attached hydrogens (primary N) is 1. The van der Waals surface area contributed by atoms with Crippen LogP contribution in [0.5, 0.6) is 11.6 Å². The summed E-state index contributed by atoms with van der Waals surface area (Å²) in [6, 6.07) is 2.63. The summed E-state index contributed by atoms with van der Waals surface area (Å²) in [5.74, 6) is -3.09. The van der Waals surface area contributed by atoms with E-state index in [9.17, 15) is 23.9 Å². The van der Waals surface area contributed by atoms with Gasteiger partial charge in [-0.3, -0.25) is 19.0 Å². The van der Waals surface area contributed by atoms with E-state index in [0.717, 1.165) is 6.20 Å². The number of aromatic nitrogens is 4. The van der Waals surface area contributed by atoms with Gasteiger partial charge < -0.3 is 25.5 Å². The van der Waals surface area contributed by atoms with Gasteiger partial charge in [-0.2, -0.15) is 4.39 Å².